The highest BCUT2D eigenvalue weighted by Gasteiger charge is 2.38. The van der Waals surface area contributed by atoms with Gasteiger partial charge in [-0.15, -0.1) is 0 Å². The molecule has 1 unspecified atom stereocenters. The highest BCUT2D eigenvalue weighted by atomic mass is 19.4. The molecule has 0 saturated carbocycles. The highest BCUT2D eigenvalue weighted by molar-refractivity contribution is 5.73. The first-order valence-electron chi connectivity index (χ1n) is 8.00. The summed E-state index contributed by atoms with van der Waals surface area (Å²) in [6, 6.07) is 4.44. The number of carboxylic acids is 1. The van der Waals surface area contributed by atoms with E-state index in [2.05, 4.69) is 27.9 Å². The van der Waals surface area contributed by atoms with Crippen molar-refractivity contribution in [1.29, 1.82) is 0 Å². The van der Waals surface area contributed by atoms with E-state index in [1.807, 2.05) is 6.07 Å². The fraction of sp³-hybridized carbons (Fsp3) is 0.625. The van der Waals surface area contributed by atoms with Gasteiger partial charge in [0, 0.05) is 50.6 Å². The van der Waals surface area contributed by atoms with E-state index in [1.165, 1.54) is 0 Å². The zero-order valence-electron chi connectivity index (χ0n) is 14.7. The molecule has 0 radical (unpaired) electrons. The maximum Gasteiger partial charge on any atom is 0.490 e. The van der Waals surface area contributed by atoms with Gasteiger partial charge in [0.1, 0.15) is 0 Å². The van der Waals surface area contributed by atoms with E-state index in [-0.39, 0.29) is 6.61 Å². The summed E-state index contributed by atoms with van der Waals surface area (Å²) < 4.78 is 37.0. The number of methoxy groups -OCH3 is 1. The number of aliphatic hydroxyl groups is 1. The molecular formula is C16H24F3N3O4. The topological polar surface area (TPSA) is 86.1 Å². The summed E-state index contributed by atoms with van der Waals surface area (Å²) >= 11 is 0. The van der Waals surface area contributed by atoms with Crippen LogP contribution in [-0.4, -0.2) is 83.6 Å². The lowest BCUT2D eigenvalue weighted by Crippen LogP contribution is -2.51. The molecule has 7 nitrogen and oxygen atoms in total. The normalized spacial score (nSPS) is 18.8. The fourth-order valence-corrected chi connectivity index (χ4v) is 2.58. The van der Waals surface area contributed by atoms with Crippen molar-refractivity contribution in [2.75, 3.05) is 40.4 Å². The number of aliphatic carboxylic acids is 1. The van der Waals surface area contributed by atoms with Crippen LogP contribution in [0.1, 0.15) is 12.0 Å². The number of aromatic nitrogens is 1. The zero-order chi connectivity index (χ0) is 19.7. The number of hydrogen-bond acceptors (Lipinski definition) is 6. The van der Waals surface area contributed by atoms with Crippen molar-refractivity contribution >= 4 is 5.97 Å². The number of likely N-dealkylation sites (N-methyl/N-ethyl adjacent to an activating group) is 1. The molecule has 2 rings (SSSR count). The molecule has 1 aromatic rings. The Hall–Kier alpha value is -1.91. The molecule has 1 saturated heterocycles. The van der Waals surface area contributed by atoms with E-state index in [0.29, 0.717) is 11.9 Å². The predicted octanol–water partition coefficient (Wildman–Crippen LogP) is 1.22. The van der Waals surface area contributed by atoms with Crippen LogP contribution in [0.2, 0.25) is 0 Å². The van der Waals surface area contributed by atoms with E-state index >= 15 is 0 Å². The number of pyridine rings is 1. The van der Waals surface area contributed by atoms with Gasteiger partial charge < -0.3 is 19.8 Å². The number of ether oxygens (including phenoxy) is 1. The Morgan fingerprint density at radius 1 is 1.42 bits per heavy atom. The third kappa shape index (κ3) is 7.14. The van der Waals surface area contributed by atoms with Crippen LogP contribution in [-0.2, 0) is 11.3 Å². The Balaban J connectivity index is 0.000000412. The number of carbonyl (C=O) groups is 1. The molecule has 0 amide bonds. The number of aliphatic hydroxyl groups excluding tert-OH is 1. The quantitative estimate of drug-likeness (QED) is 0.796. The summed E-state index contributed by atoms with van der Waals surface area (Å²) in [4.78, 5) is 17.9. The van der Waals surface area contributed by atoms with Crippen molar-refractivity contribution in [3.63, 3.8) is 0 Å². The average molecular weight is 379 g/mol. The summed E-state index contributed by atoms with van der Waals surface area (Å²) in [6.45, 7) is 4.16. The van der Waals surface area contributed by atoms with Crippen molar-refractivity contribution in [1.82, 2.24) is 14.8 Å². The maximum atomic E-state index is 10.6. The lowest BCUT2D eigenvalue weighted by Gasteiger charge is -2.39. The minimum absolute atomic E-state index is 0.249. The van der Waals surface area contributed by atoms with Crippen LogP contribution in [0.5, 0.6) is 5.88 Å². The Kier molecular flexibility index (Phi) is 8.76. The van der Waals surface area contributed by atoms with Gasteiger partial charge in [0.15, 0.2) is 0 Å². The molecule has 148 valence electrons. The van der Waals surface area contributed by atoms with Crippen molar-refractivity contribution in [2.45, 2.75) is 25.2 Å². The molecule has 1 aliphatic heterocycles. The van der Waals surface area contributed by atoms with Crippen LogP contribution < -0.4 is 4.74 Å². The Morgan fingerprint density at radius 2 is 2.08 bits per heavy atom. The highest BCUT2D eigenvalue weighted by Crippen LogP contribution is 2.19. The van der Waals surface area contributed by atoms with Gasteiger partial charge in [-0.05, 0) is 19.5 Å². The van der Waals surface area contributed by atoms with Crippen LogP contribution in [0, 0.1) is 0 Å². The number of halogens is 3. The van der Waals surface area contributed by atoms with Crippen LogP contribution in [0.15, 0.2) is 18.3 Å². The number of rotatable bonds is 5. The maximum absolute atomic E-state index is 10.6. The number of carboxylic acid groups (broad SMARTS) is 1. The van der Waals surface area contributed by atoms with Gasteiger partial charge in [-0.1, -0.05) is 6.07 Å². The first kappa shape index (κ1) is 22.1. The molecule has 1 atom stereocenters. The number of piperazine rings is 1. The molecule has 1 fully saturated rings. The van der Waals surface area contributed by atoms with Gasteiger partial charge in [-0.2, -0.15) is 13.2 Å². The van der Waals surface area contributed by atoms with E-state index in [4.69, 9.17) is 19.7 Å². The van der Waals surface area contributed by atoms with Crippen LogP contribution in [0.3, 0.4) is 0 Å². The standard InChI is InChI=1S/C14H23N3O2.C2HF3O2/c1-16-7-8-17(11-13(16)5-9-18)10-12-4-3-6-15-14(12)19-2;3-2(4,5)1(6)7/h3-4,6,13,18H,5,7-11H2,1-2H3;(H,6,7). The van der Waals surface area contributed by atoms with Crippen molar-refractivity contribution < 1.29 is 32.9 Å². The monoisotopic (exact) mass is 379 g/mol. The number of nitrogens with zero attached hydrogens (tertiary/aromatic N) is 3. The molecule has 2 heterocycles. The summed E-state index contributed by atoms with van der Waals surface area (Å²) in [5.41, 5.74) is 1.12. The summed E-state index contributed by atoms with van der Waals surface area (Å²) in [5, 5.41) is 16.2. The Morgan fingerprint density at radius 3 is 2.62 bits per heavy atom. The zero-order valence-corrected chi connectivity index (χ0v) is 14.7. The minimum atomic E-state index is -5.08. The Labute approximate surface area is 150 Å². The van der Waals surface area contributed by atoms with Crippen molar-refractivity contribution in [3.05, 3.63) is 23.9 Å². The van der Waals surface area contributed by atoms with E-state index in [1.54, 1.807) is 13.3 Å². The van der Waals surface area contributed by atoms with Crippen molar-refractivity contribution in [3.8, 4) is 5.88 Å². The second kappa shape index (κ2) is 10.3. The van der Waals surface area contributed by atoms with E-state index in [9.17, 15) is 13.2 Å². The van der Waals surface area contributed by atoms with Gasteiger partial charge in [-0.25, -0.2) is 9.78 Å². The first-order valence-corrected chi connectivity index (χ1v) is 8.00. The molecule has 1 aliphatic rings. The average Bonchev–Trinajstić information content (AvgIpc) is 2.58. The van der Waals surface area contributed by atoms with Crippen molar-refractivity contribution in [2.24, 2.45) is 0 Å². The largest absolute Gasteiger partial charge is 0.490 e. The molecular weight excluding hydrogens is 355 g/mol. The lowest BCUT2D eigenvalue weighted by molar-refractivity contribution is -0.192. The number of alkyl halides is 3. The number of hydrogen-bond donors (Lipinski definition) is 2. The summed E-state index contributed by atoms with van der Waals surface area (Å²) in [5.74, 6) is -2.05. The third-order valence-corrected chi connectivity index (χ3v) is 4.00. The first-order chi connectivity index (χ1) is 12.2. The SMILES string of the molecule is COc1ncccc1CN1CCN(C)C(CCO)C1.O=C(O)C(F)(F)F. The Bertz CT molecular complexity index is 572. The van der Waals surface area contributed by atoms with Gasteiger partial charge in [-0.3, -0.25) is 4.90 Å². The van der Waals surface area contributed by atoms with Gasteiger partial charge in [0.05, 0.1) is 7.11 Å². The van der Waals surface area contributed by atoms with Gasteiger partial charge in [0.2, 0.25) is 5.88 Å². The minimum Gasteiger partial charge on any atom is -0.481 e. The molecule has 0 aromatic carbocycles. The van der Waals surface area contributed by atoms with E-state index < -0.39 is 12.1 Å². The van der Waals surface area contributed by atoms with Gasteiger partial charge >= 0.3 is 12.1 Å². The predicted molar refractivity (Wildman–Crippen MR) is 87.9 cm³/mol. The molecule has 2 N–H and O–H groups in total. The summed E-state index contributed by atoms with van der Waals surface area (Å²) in [7, 11) is 3.78. The molecule has 0 bridgehead atoms. The van der Waals surface area contributed by atoms with Crippen LogP contribution >= 0.6 is 0 Å². The van der Waals surface area contributed by atoms with Crippen LogP contribution in [0.25, 0.3) is 0 Å². The lowest BCUT2D eigenvalue weighted by atomic mass is 10.1. The molecule has 0 spiro atoms. The van der Waals surface area contributed by atoms with Crippen LogP contribution in [0.4, 0.5) is 13.2 Å². The molecule has 26 heavy (non-hydrogen) atoms. The molecule has 1 aromatic heterocycles. The fourth-order valence-electron chi connectivity index (χ4n) is 2.58. The van der Waals surface area contributed by atoms with Gasteiger partial charge in [0.25, 0.3) is 0 Å². The second-order valence-corrected chi connectivity index (χ2v) is 5.86. The summed E-state index contributed by atoms with van der Waals surface area (Å²) in [6.07, 6.45) is -2.50. The smallest absolute Gasteiger partial charge is 0.481 e. The van der Waals surface area contributed by atoms with E-state index in [0.717, 1.165) is 38.2 Å². The second-order valence-electron chi connectivity index (χ2n) is 5.86. The third-order valence-electron chi connectivity index (χ3n) is 4.00. The molecule has 0 aliphatic carbocycles. The molecule has 10 heteroatoms.